The van der Waals surface area contributed by atoms with E-state index in [4.69, 9.17) is 9.47 Å². The Morgan fingerprint density at radius 1 is 0.933 bits per heavy atom. The number of benzene rings is 3. The second kappa shape index (κ2) is 6.74. The van der Waals surface area contributed by atoms with Crippen LogP contribution in [0.15, 0.2) is 71.6 Å². The Morgan fingerprint density at radius 3 is 2.47 bits per heavy atom. The van der Waals surface area contributed by atoms with Crippen molar-refractivity contribution in [2.75, 3.05) is 16.0 Å². The number of hydrogen-bond acceptors (Lipinski definition) is 5. The minimum Gasteiger partial charge on any atom is -0.454 e. The molecular formula is C21H15FN2O5S. The molecule has 2 heterocycles. The Hall–Kier alpha value is -3.59. The van der Waals surface area contributed by atoms with Gasteiger partial charge in [-0.2, -0.15) is 4.31 Å². The van der Waals surface area contributed by atoms with Gasteiger partial charge in [0.25, 0.3) is 10.0 Å². The lowest BCUT2D eigenvalue weighted by Crippen LogP contribution is -2.50. The van der Waals surface area contributed by atoms with Crippen LogP contribution in [-0.2, 0) is 16.6 Å². The Morgan fingerprint density at radius 2 is 1.67 bits per heavy atom. The third-order valence-corrected chi connectivity index (χ3v) is 6.67. The lowest BCUT2D eigenvalue weighted by molar-refractivity contribution is 0.174. The SMILES string of the molecule is O=C1N(Cc2ccc3c(c2)OCO3)c2ccccc2S(=O)(=O)N1c1ccc(F)cc1. The molecule has 7 nitrogen and oxygen atoms in total. The first-order valence-corrected chi connectivity index (χ1v) is 10.5. The molecular weight excluding hydrogens is 411 g/mol. The summed E-state index contributed by atoms with van der Waals surface area (Å²) in [5.41, 5.74) is 1.07. The van der Waals surface area contributed by atoms with Crippen molar-refractivity contribution < 1.29 is 27.1 Å². The first-order chi connectivity index (χ1) is 14.4. The third-order valence-electron chi connectivity index (χ3n) is 4.92. The third kappa shape index (κ3) is 2.86. The minimum absolute atomic E-state index is 0.00494. The first kappa shape index (κ1) is 18.4. The molecule has 3 aromatic rings. The zero-order valence-electron chi connectivity index (χ0n) is 15.5. The second-order valence-corrected chi connectivity index (χ2v) is 8.53. The average Bonchev–Trinajstić information content (AvgIpc) is 3.20. The van der Waals surface area contributed by atoms with Gasteiger partial charge in [0.1, 0.15) is 10.7 Å². The number of amides is 2. The van der Waals surface area contributed by atoms with Crippen LogP contribution in [-0.4, -0.2) is 21.2 Å². The number of nitrogens with zero attached hydrogens (tertiary/aromatic N) is 2. The van der Waals surface area contributed by atoms with E-state index in [1.165, 1.54) is 23.1 Å². The van der Waals surface area contributed by atoms with Crippen LogP contribution in [0.1, 0.15) is 5.56 Å². The summed E-state index contributed by atoms with van der Waals surface area (Å²) in [6.07, 6.45) is 0. The highest BCUT2D eigenvalue weighted by molar-refractivity contribution is 7.94. The van der Waals surface area contributed by atoms with E-state index in [9.17, 15) is 17.6 Å². The number of urea groups is 1. The van der Waals surface area contributed by atoms with E-state index in [1.54, 1.807) is 36.4 Å². The molecule has 2 aliphatic rings. The van der Waals surface area contributed by atoms with Crippen molar-refractivity contribution in [2.24, 2.45) is 0 Å². The fourth-order valence-corrected chi connectivity index (χ4v) is 5.11. The van der Waals surface area contributed by atoms with E-state index >= 15 is 0 Å². The Labute approximate surface area is 171 Å². The molecule has 0 N–H and O–H groups in total. The quantitative estimate of drug-likeness (QED) is 0.635. The maximum Gasteiger partial charge on any atom is 0.343 e. The molecule has 30 heavy (non-hydrogen) atoms. The van der Waals surface area contributed by atoms with Gasteiger partial charge in [0.2, 0.25) is 6.79 Å². The summed E-state index contributed by atoms with van der Waals surface area (Å²) < 4.78 is 51.2. The van der Waals surface area contributed by atoms with E-state index in [0.717, 1.165) is 17.7 Å². The topological polar surface area (TPSA) is 76.1 Å². The number of halogens is 1. The molecule has 152 valence electrons. The standard InChI is InChI=1S/C21H15FN2O5S/c22-15-6-8-16(9-7-15)24-21(25)23(17-3-1-2-4-20(17)30(24,26)27)12-14-5-10-18-19(11-14)29-13-28-18/h1-11H,12-13H2. The number of hydrogen-bond donors (Lipinski definition) is 0. The summed E-state index contributed by atoms with van der Waals surface area (Å²) in [5, 5.41) is 0. The molecule has 9 heteroatoms. The van der Waals surface area contributed by atoms with Gasteiger partial charge in [-0.15, -0.1) is 0 Å². The number of carbonyl (C=O) groups excluding carboxylic acids is 1. The number of ether oxygens (including phenoxy) is 2. The van der Waals surface area contributed by atoms with Crippen LogP contribution in [0.25, 0.3) is 0 Å². The number of rotatable bonds is 3. The first-order valence-electron chi connectivity index (χ1n) is 9.05. The summed E-state index contributed by atoms with van der Waals surface area (Å²) in [6, 6.07) is 15.6. The molecule has 0 saturated carbocycles. The monoisotopic (exact) mass is 426 g/mol. The molecule has 3 aromatic carbocycles. The Bertz CT molecular complexity index is 1260. The van der Waals surface area contributed by atoms with Crippen molar-refractivity contribution in [2.45, 2.75) is 11.4 Å². The van der Waals surface area contributed by atoms with Gasteiger partial charge in [-0.1, -0.05) is 18.2 Å². The van der Waals surface area contributed by atoms with E-state index in [-0.39, 0.29) is 29.6 Å². The normalized spacial score (nSPS) is 16.5. The average molecular weight is 426 g/mol. The molecule has 0 spiro atoms. The zero-order valence-corrected chi connectivity index (χ0v) is 16.3. The highest BCUT2D eigenvalue weighted by Crippen LogP contribution is 2.39. The summed E-state index contributed by atoms with van der Waals surface area (Å²) in [7, 11) is -4.16. The summed E-state index contributed by atoms with van der Waals surface area (Å²) in [6.45, 7) is 0.237. The van der Waals surface area contributed by atoms with E-state index < -0.39 is 21.9 Å². The van der Waals surface area contributed by atoms with Gasteiger partial charge in [0, 0.05) is 0 Å². The largest absolute Gasteiger partial charge is 0.454 e. The predicted molar refractivity (Wildman–Crippen MR) is 107 cm³/mol. The molecule has 0 aromatic heterocycles. The molecule has 0 radical (unpaired) electrons. The van der Waals surface area contributed by atoms with Gasteiger partial charge in [-0.3, -0.25) is 4.90 Å². The van der Waals surface area contributed by atoms with Crippen LogP contribution in [0, 0.1) is 5.82 Å². The Kier molecular flexibility index (Phi) is 4.14. The van der Waals surface area contributed by atoms with Crippen LogP contribution in [0.5, 0.6) is 11.5 Å². The van der Waals surface area contributed by atoms with Crippen LogP contribution >= 0.6 is 0 Å². The van der Waals surface area contributed by atoms with Gasteiger partial charge < -0.3 is 9.47 Å². The van der Waals surface area contributed by atoms with Crippen LogP contribution in [0.4, 0.5) is 20.6 Å². The summed E-state index contributed by atoms with van der Waals surface area (Å²) in [4.78, 5) is 14.7. The number of carbonyl (C=O) groups is 1. The molecule has 0 fully saturated rings. The molecule has 5 rings (SSSR count). The lowest BCUT2D eigenvalue weighted by atomic mass is 10.1. The number of sulfonamides is 1. The van der Waals surface area contributed by atoms with Gasteiger partial charge >= 0.3 is 6.03 Å². The molecule has 2 aliphatic heterocycles. The highest BCUT2D eigenvalue weighted by atomic mass is 32.2. The maximum atomic E-state index is 13.4. The van der Waals surface area contributed by atoms with E-state index in [0.29, 0.717) is 15.8 Å². The van der Waals surface area contributed by atoms with Gasteiger partial charge in [0.05, 0.1) is 17.9 Å². The predicted octanol–water partition coefficient (Wildman–Crippen LogP) is 3.89. The fraction of sp³-hybridized carbons (Fsp3) is 0.0952. The lowest BCUT2D eigenvalue weighted by Gasteiger charge is -2.36. The van der Waals surface area contributed by atoms with Crippen LogP contribution < -0.4 is 18.7 Å². The maximum absolute atomic E-state index is 13.4. The van der Waals surface area contributed by atoms with Crippen molar-refractivity contribution >= 4 is 27.4 Å². The van der Waals surface area contributed by atoms with Crippen molar-refractivity contribution in [3.05, 3.63) is 78.1 Å². The summed E-state index contributed by atoms with van der Waals surface area (Å²) >= 11 is 0. The van der Waals surface area contributed by atoms with E-state index in [1.807, 2.05) is 0 Å². The smallest absolute Gasteiger partial charge is 0.343 e. The summed E-state index contributed by atoms with van der Waals surface area (Å²) in [5.74, 6) is 0.645. The number of fused-ring (bicyclic) bond motifs is 2. The van der Waals surface area contributed by atoms with Crippen molar-refractivity contribution in [3.8, 4) is 11.5 Å². The van der Waals surface area contributed by atoms with Crippen LogP contribution in [0.2, 0.25) is 0 Å². The zero-order chi connectivity index (χ0) is 20.9. The van der Waals surface area contributed by atoms with Crippen molar-refractivity contribution in [1.29, 1.82) is 0 Å². The minimum atomic E-state index is -4.16. The highest BCUT2D eigenvalue weighted by Gasteiger charge is 2.42. The fourth-order valence-electron chi connectivity index (χ4n) is 3.51. The van der Waals surface area contributed by atoms with Gasteiger partial charge in [0.15, 0.2) is 11.5 Å². The molecule has 2 amide bonds. The molecule has 0 atom stereocenters. The number of para-hydroxylation sites is 1. The van der Waals surface area contributed by atoms with Gasteiger partial charge in [-0.05, 0) is 54.1 Å². The molecule has 0 saturated heterocycles. The van der Waals surface area contributed by atoms with Crippen LogP contribution in [0.3, 0.4) is 0 Å². The second-order valence-electron chi connectivity index (χ2n) is 6.77. The molecule has 0 unspecified atom stereocenters. The van der Waals surface area contributed by atoms with Crippen molar-refractivity contribution in [1.82, 2.24) is 0 Å². The Balaban J connectivity index is 1.61. The molecule has 0 bridgehead atoms. The number of anilines is 2. The molecule has 0 aliphatic carbocycles. The van der Waals surface area contributed by atoms with E-state index in [2.05, 4.69) is 0 Å². The van der Waals surface area contributed by atoms with Crippen molar-refractivity contribution in [3.63, 3.8) is 0 Å². The van der Waals surface area contributed by atoms with Gasteiger partial charge in [-0.25, -0.2) is 17.6 Å².